The van der Waals surface area contributed by atoms with E-state index in [2.05, 4.69) is 5.32 Å². The number of benzene rings is 1. The number of amides is 1. The Hall–Kier alpha value is -1.13. The van der Waals surface area contributed by atoms with Gasteiger partial charge in [-0.05, 0) is 18.2 Å². The lowest BCUT2D eigenvalue weighted by atomic mass is 10.1. The van der Waals surface area contributed by atoms with Crippen LogP contribution in [0.2, 0.25) is 0 Å². The molecule has 1 heterocycles. The molecule has 13 heavy (non-hydrogen) atoms. The molecule has 1 aromatic carbocycles. The minimum absolute atomic E-state index is 0. The normalized spacial score (nSPS) is 18.9. The van der Waals surface area contributed by atoms with Gasteiger partial charge < -0.3 is 11.1 Å². The Bertz CT molecular complexity index is 356. The SMILES string of the molecule is Cl.NC1C(=O)Nc2ccc(F)cc21. The zero-order valence-corrected chi connectivity index (χ0v) is 7.40. The maximum Gasteiger partial charge on any atom is 0.245 e. The van der Waals surface area contributed by atoms with Gasteiger partial charge in [-0.1, -0.05) is 0 Å². The van der Waals surface area contributed by atoms with Gasteiger partial charge in [-0.3, -0.25) is 4.79 Å². The molecule has 1 atom stereocenters. The van der Waals surface area contributed by atoms with Crippen molar-refractivity contribution in [2.45, 2.75) is 6.04 Å². The molecule has 0 fully saturated rings. The molecule has 0 aromatic heterocycles. The van der Waals surface area contributed by atoms with Gasteiger partial charge in [0.2, 0.25) is 5.91 Å². The van der Waals surface area contributed by atoms with Crippen molar-refractivity contribution in [1.29, 1.82) is 0 Å². The molecular formula is C8H8ClFN2O. The predicted octanol–water partition coefficient (Wildman–Crippen LogP) is 1.20. The van der Waals surface area contributed by atoms with Crippen LogP contribution in [0.5, 0.6) is 0 Å². The van der Waals surface area contributed by atoms with E-state index in [0.717, 1.165) is 0 Å². The molecule has 1 amide bonds. The predicted molar refractivity (Wildman–Crippen MR) is 49.2 cm³/mol. The largest absolute Gasteiger partial charge is 0.324 e. The third kappa shape index (κ3) is 1.50. The number of anilines is 1. The van der Waals surface area contributed by atoms with Crippen molar-refractivity contribution in [3.63, 3.8) is 0 Å². The van der Waals surface area contributed by atoms with Crippen LogP contribution in [0.25, 0.3) is 0 Å². The molecule has 70 valence electrons. The minimum atomic E-state index is -0.726. The van der Waals surface area contributed by atoms with Crippen LogP contribution in [0, 0.1) is 5.82 Å². The Kier molecular flexibility index (Phi) is 2.54. The van der Waals surface area contributed by atoms with E-state index in [1.54, 1.807) is 0 Å². The van der Waals surface area contributed by atoms with Crippen LogP contribution in [-0.4, -0.2) is 5.91 Å². The van der Waals surface area contributed by atoms with Crippen LogP contribution in [0.1, 0.15) is 11.6 Å². The first-order valence-corrected chi connectivity index (χ1v) is 3.54. The lowest BCUT2D eigenvalue weighted by Crippen LogP contribution is -2.19. The zero-order valence-electron chi connectivity index (χ0n) is 6.58. The van der Waals surface area contributed by atoms with Crippen LogP contribution in [0.3, 0.4) is 0 Å². The van der Waals surface area contributed by atoms with Crippen LogP contribution >= 0.6 is 12.4 Å². The second kappa shape index (κ2) is 3.32. The molecule has 1 unspecified atom stereocenters. The van der Waals surface area contributed by atoms with Crippen LogP contribution in [0.4, 0.5) is 10.1 Å². The van der Waals surface area contributed by atoms with E-state index in [9.17, 15) is 9.18 Å². The molecular weight excluding hydrogens is 195 g/mol. The summed E-state index contributed by atoms with van der Waals surface area (Å²) in [6.07, 6.45) is 0. The fourth-order valence-electron chi connectivity index (χ4n) is 1.26. The molecule has 1 aromatic rings. The highest BCUT2D eigenvalue weighted by Gasteiger charge is 2.26. The number of rotatable bonds is 0. The highest BCUT2D eigenvalue weighted by atomic mass is 35.5. The molecule has 5 heteroatoms. The molecule has 3 N–H and O–H groups in total. The Morgan fingerprint density at radius 1 is 1.46 bits per heavy atom. The molecule has 0 bridgehead atoms. The zero-order chi connectivity index (χ0) is 8.72. The topological polar surface area (TPSA) is 55.1 Å². The summed E-state index contributed by atoms with van der Waals surface area (Å²) < 4.78 is 12.7. The highest BCUT2D eigenvalue weighted by Crippen LogP contribution is 2.29. The summed E-state index contributed by atoms with van der Waals surface area (Å²) in [6, 6.07) is 3.35. The van der Waals surface area contributed by atoms with Gasteiger partial charge in [-0.25, -0.2) is 4.39 Å². The molecule has 0 aliphatic carbocycles. The van der Waals surface area contributed by atoms with E-state index in [-0.39, 0.29) is 24.1 Å². The van der Waals surface area contributed by atoms with E-state index in [0.29, 0.717) is 11.3 Å². The standard InChI is InChI=1S/C8H7FN2O.ClH/c9-4-1-2-6-5(3-4)7(10)8(12)11-6;/h1-3,7H,10H2,(H,11,12);1H. The van der Waals surface area contributed by atoms with Crippen LogP contribution < -0.4 is 11.1 Å². The van der Waals surface area contributed by atoms with Crippen molar-refractivity contribution in [3.05, 3.63) is 29.6 Å². The number of carbonyl (C=O) groups is 1. The number of hydrogen-bond acceptors (Lipinski definition) is 2. The van der Waals surface area contributed by atoms with E-state index in [1.165, 1.54) is 18.2 Å². The molecule has 0 radical (unpaired) electrons. The summed E-state index contributed by atoms with van der Waals surface area (Å²) in [4.78, 5) is 11.0. The van der Waals surface area contributed by atoms with Gasteiger partial charge in [0, 0.05) is 11.3 Å². The van der Waals surface area contributed by atoms with E-state index >= 15 is 0 Å². The minimum Gasteiger partial charge on any atom is -0.324 e. The Balaban J connectivity index is 0.000000845. The summed E-state index contributed by atoms with van der Waals surface area (Å²) in [5.74, 6) is -0.656. The third-order valence-corrected chi connectivity index (χ3v) is 1.89. The second-order valence-electron chi connectivity index (χ2n) is 2.70. The van der Waals surface area contributed by atoms with Crippen molar-refractivity contribution in [2.24, 2.45) is 5.73 Å². The Labute approximate surface area is 80.5 Å². The first-order valence-electron chi connectivity index (χ1n) is 3.54. The highest BCUT2D eigenvalue weighted by molar-refractivity contribution is 6.02. The van der Waals surface area contributed by atoms with Crippen molar-refractivity contribution >= 4 is 24.0 Å². The molecule has 1 aliphatic heterocycles. The first-order chi connectivity index (χ1) is 5.68. The van der Waals surface area contributed by atoms with Crippen molar-refractivity contribution in [2.75, 3.05) is 5.32 Å². The number of halogens is 2. The maximum atomic E-state index is 12.7. The monoisotopic (exact) mass is 202 g/mol. The third-order valence-electron chi connectivity index (χ3n) is 1.89. The first kappa shape index (κ1) is 9.95. The van der Waals surface area contributed by atoms with E-state index in [1.807, 2.05) is 0 Å². The molecule has 3 nitrogen and oxygen atoms in total. The number of nitrogens with two attached hydrogens (primary N) is 1. The van der Waals surface area contributed by atoms with Crippen molar-refractivity contribution in [1.82, 2.24) is 0 Å². The summed E-state index contributed by atoms with van der Waals surface area (Å²) in [5.41, 5.74) is 6.61. The van der Waals surface area contributed by atoms with E-state index in [4.69, 9.17) is 5.73 Å². The fraction of sp³-hybridized carbons (Fsp3) is 0.125. The smallest absolute Gasteiger partial charge is 0.245 e. The Morgan fingerprint density at radius 2 is 2.15 bits per heavy atom. The maximum absolute atomic E-state index is 12.7. The van der Waals surface area contributed by atoms with Gasteiger partial charge in [-0.2, -0.15) is 0 Å². The summed E-state index contributed by atoms with van der Waals surface area (Å²) in [6.45, 7) is 0. The Morgan fingerprint density at radius 3 is 2.85 bits per heavy atom. The summed E-state index contributed by atoms with van der Waals surface area (Å²) in [5, 5.41) is 2.54. The van der Waals surface area contributed by atoms with Crippen LogP contribution in [-0.2, 0) is 4.79 Å². The van der Waals surface area contributed by atoms with Gasteiger partial charge in [0.1, 0.15) is 11.9 Å². The number of carbonyl (C=O) groups excluding carboxylic acids is 1. The lowest BCUT2D eigenvalue weighted by molar-refractivity contribution is -0.116. The number of nitrogens with one attached hydrogen (secondary N) is 1. The van der Waals surface area contributed by atoms with Gasteiger partial charge in [0.05, 0.1) is 0 Å². The average Bonchev–Trinajstić information content (AvgIpc) is 2.31. The quantitative estimate of drug-likeness (QED) is 0.664. The van der Waals surface area contributed by atoms with Crippen molar-refractivity contribution in [3.8, 4) is 0 Å². The number of hydrogen-bond donors (Lipinski definition) is 2. The van der Waals surface area contributed by atoms with Gasteiger partial charge >= 0.3 is 0 Å². The molecule has 2 rings (SSSR count). The molecule has 0 saturated carbocycles. The van der Waals surface area contributed by atoms with E-state index < -0.39 is 6.04 Å². The summed E-state index contributed by atoms with van der Waals surface area (Å²) in [7, 11) is 0. The van der Waals surface area contributed by atoms with Gasteiger partial charge in [0.15, 0.2) is 0 Å². The fourth-order valence-corrected chi connectivity index (χ4v) is 1.26. The van der Waals surface area contributed by atoms with Crippen LogP contribution in [0.15, 0.2) is 18.2 Å². The van der Waals surface area contributed by atoms with Crippen molar-refractivity contribution < 1.29 is 9.18 Å². The lowest BCUT2D eigenvalue weighted by Gasteiger charge is -1.99. The second-order valence-corrected chi connectivity index (χ2v) is 2.70. The summed E-state index contributed by atoms with van der Waals surface area (Å²) >= 11 is 0. The molecule has 1 aliphatic rings. The van der Waals surface area contributed by atoms with Gasteiger partial charge in [0.25, 0.3) is 0 Å². The molecule has 0 spiro atoms. The average molecular weight is 203 g/mol. The molecule has 0 saturated heterocycles. The number of fused-ring (bicyclic) bond motifs is 1. The van der Waals surface area contributed by atoms with Gasteiger partial charge in [-0.15, -0.1) is 12.4 Å².